The monoisotopic (exact) mass is 155 g/mol. The second-order valence-electron chi connectivity index (χ2n) is 1.39. The molecule has 58 valence electrons. The lowest BCUT2D eigenvalue weighted by Gasteiger charge is -1.77. The first-order valence-corrected chi connectivity index (χ1v) is 2.45. The molecule has 0 unspecified atom stereocenters. The van der Waals surface area contributed by atoms with Crippen molar-refractivity contribution in [3.8, 4) is 0 Å². The molecule has 0 aliphatic carbocycles. The molecule has 0 bridgehead atoms. The normalized spacial score (nSPS) is 7.27. The maximum Gasteiger partial charge on any atom is 0.338 e. The fraction of sp³-hybridized carbons (Fsp3) is 0. The van der Waals surface area contributed by atoms with Gasteiger partial charge < -0.3 is 5.11 Å². The van der Waals surface area contributed by atoms with Gasteiger partial charge in [-0.15, -0.1) is 5.53 Å². The van der Waals surface area contributed by atoms with E-state index in [1.54, 1.807) is 4.91 Å². The topological polar surface area (TPSA) is 126 Å². The number of hydrogen-bond acceptors (Lipinski definition) is 3. The highest BCUT2D eigenvalue weighted by Gasteiger charge is 1.99. The smallest absolute Gasteiger partial charge is 0.338 e. The predicted molar refractivity (Wildman–Crippen MR) is 35.0 cm³/mol. The lowest BCUT2D eigenvalue weighted by molar-refractivity contribution is 0.0697. The van der Waals surface area contributed by atoms with E-state index in [0.717, 1.165) is 0 Å². The molecule has 1 aromatic heterocycles. The van der Waals surface area contributed by atoms with Gasteiger partial charge in [0.2, 0.25) is 0 Å². The lowest BCUT2D eigenvalue weighted by atomic mass is 10.4. The molecule has 1 heterocycles. The molecule has 7 heteroatoms. The Morgan fingerprint density at radius 1 is 1.91 bits per heavy atom. The van der Waals surface area contributed by atoms with Crippen molar-refractivity contribution in [3.63, 3.8) is 0 Å². The van der Waals surface area contributed by atoms with E-state index in [2.05, 4.69) is 10.2 Å². The van der Waals surface area contributed by atoms with Crippen LogP contribution in [0.3, 0.4) is 0 Å². The van der Waals surface area contributed by atoms with E-state index < -0.39 is 5.97 Å². The summed E-state index contributed by atoms with van der Waals surface area (Å²) in [5, 5.41) is 14.0. The molecule has 0 saturated carbocycles. The van der Waals surface area contributed by atoms with E-state index in [4.69, 9.17) is 16.2 Å². The summed E-state index contributed by atoms with van der Waals surface area (Å²) in [4.78, 5) is 11.8. The maximum absolute atomic E-state index is 10.0. The van der Waals surface area contributed by atoms with Crippen molar-refractivity contribution in [2.75, 3.05) is 0 Å². The third-order valence-corrected chi connectivity index (χ3v) is 0.745. The molecule has 0 atom stereocenters. The van der Waals surface area contributed by atoms with E-state index in [0.29, 0.717) is 0 Å². The van der Waals surface area contributed by atoms with Crippen LogP contribution in [0.5, 0.6) is 0 Å². The number of rotatable bonds is 1. The average Bonchev–Trinajstić information content (AvgIpc) is 2.38. The van der Waals surface area contributed by atoms with Crippen molar-refractivity contribution in [2.24, 2.45) is 0 Å². The summed E-state index contributed by atoms with van der Waals surface area (Å²) < 4.78 is 0. The molecule has 0 saturated heterocycles. The average molecular weight is 155 g/mol. The summed E-state index contributed by atoms with van der Waals surface area (Å²) in [6, 6.07) is 0. The number of H-pyrrole nitrogens is 1. The van der Waals surface area contributed by atoms with Crippen molar-refractivity contribution in [1.29, 1.82) is 5.53 Å². The number of carboxylic acid groups (broad SMARTS) is 1. The van der Waals surface area contributed by atoms with Crippen LogP contribution >= 0.6 is 0 Å². The molecule has 0 spiro atoms. The molecule has 0 radical (unpaired) electrons. The zero-order valence-corrected chi connectivity index (χ0v) is 5.35. The quantitative estimate of drug-likeness (QED) is 0.317. The van der Waals surface area contributed by atoms with E-state index in [1.807, 2.05) is 0 Å². The van der Waals surface area contributed by atoms with E-state index in [9.17, 15) is 4.79 Å². The van der Waals surface area contributed by atoms with Crippen LogP contribution in [0.25, 0.3) is 10.4 Å². The Kier molecular flexibility index (Phi) is 3.95. The SMILES string of the molecule is O=C(O)c1cn[nH]c1.[N-]=[N+]=N. The molecule has 0 aromatic carbocycles. The number of carboxylic acids is 1. The van der Waals surface area contributed by atoms with Gasteiger partial charge in [0.05, 0.1) is 11.8 Å². The highest BCUT2D eigenvalue weighted by atomic mass is 16.4. The van der Waals surface area contributed by atoms with Crippen molar-refractivity contribution in [1.82, 2.24) is 10.2 Å². The summed E-state index contributed by atoms with van der Waals surface area (Å²) in [5.74, 6) is -0.959. The Labute approximate surface area is 61.1 Å². The Balaban J connectivity index is 0.000000292. The predicted octanol–water partition coefficient (Wildman–Crippen LogP) is 0.983. The van der Waals surface area contributed by atoms with Crippen molar-refractivity contribution in [2.45, 2.75) is 0 Å². The van der Waals surface area contributed by atoms with Crippen LogP contribution in [0, 0.1) is 5.53 Å². The van der Waals surface area contributed by atoms with Gasteiger partial charge in [0, 0.05) is 6.20 Å². The second kappa shape index (κ2) is 4.83. The van der Waals surface area contributed by atoms with Gasteiger partial charge in [-0.25, -0.2) is 4.79 Å². The molecule has 0 amide bonds. The minimum Gasteiger partial charge on any atom is -0.478 e. The molecular weight excluding hydrogens is 150 g/mol. The van der Waals surface area contributed by atoms with E-state index in [-0.39, 0.29) is 5.56 Å². The minimum atomic E-state index is -0.959. The van der Waals surface area contributed by atoms with E-state index >= 15 is 0 Å². The lowest BCUT2D eigenvalue weighted by Crippen LogP contribution is -1.91. The summed E-state index contributed by atoms with van der Waals surface area (Å²) in [5.41, 5.74) is 12.4. The Morgan fingerprint density at radius 2 is 2.45 bits per heavy atom. The van der Waals surface area contributed by atoms with Crippen LogP contribution in [0.2, 0.25) is 0 Å². The molecule has 1 rings (SSSR count). The third kappa shape index (κ3) is 3.55. The number of nitrogens with zero attached hydrogens (tertiary/aromatic N) is 3. The molecule has 3 N–H and O–H groups in total. The number of aromatic carboxylic acids is 1. The van der Waals surface area contributed by atoms with Crippen LogP contribution in [0.15, 0.2) is 12.4 Å². The summed E-state index contributed by atoms with van der Waals surface area (Å²) in [7, 11) is 0. The molecule has 11 heavy (non-hydrogen) atoms. The van der Waals surface area contributed by atoms with Gasteiger partial charge in [0.15, 0.2) is 0 Å². The van der Waals surface area contributed by atoms with Crippen molar-refractivity contribution < 1.29 is 9.90 Å². The summed E-state index contributed by atoms with van der Waals surface area (Å²) in [6.45, 7) is 0. The van der Waals surface area contributed by atoms with Gasteiger partial charge in [0.25, 0.3) is 0 Å². The molecule has 0 fully saturated rings. The van der Waals surface area contributed by atoms with Gasteiger partial charge in [-0.2, -0.15) is 5.10 Å². The highest BCUT2D eigenvalue weighted by Crippen LogP contribution is 1.90. The number of hydrogen-bond donors (Lipinski definition) is 3. The van der Waals surface area contributed by atoms with Gasteiger partial charge in [0.1, 0.15) is 0 Å². The van der Waals surface area contributed by atoms with Crippen LogP contribution < -0.4 is 0 Å². The second-order valence-corrected chi connectivity index (χ2v) is 1.39. The van der Waals surface area contributed by atoms with Crippen molar-refractivity contribution >= 4 is 5.97 Å². The minimum absolute atomic E-state index is 0.185. The zero-order valence-electron chi connectivity index (χ0n) is 5.35. The van der Waals surface area contributed by atoms with Crippen LogP contribution in [-0.2, 0) is 0 Å². The van der Waals surface area contributed by atoms with Crippen molar-refractivity contribution in [3.05, 3.63) is 28.4 Å². The maximum atomic E-state index is 10.0. The number of aromatic amines is 1. The van der Waals surface area contributed by atoms with Gasteiger partial charge >= 0.3 is 5.97 Å². The summed E-state index contributed by atoms with van der Waals surface area (Å²) >= 11 is 0. The first-order valence-electron chi connectivity index (χ1n) is 2.45. The fourth-order valence-corrected chi connectivity index (χ4v) is 0.368. The Hall–Kier alpha value is -2.01. The van der Waals surface area contributed by atoms with Gasteiger partial charge in [-0.1, -0.05) is 0 Å². The molecular formula is C4H5N5O2. The fourth-order valence-electron chi connectivity index (χ4n) is 0.368. The Bertz CT molecular complexity index is 247. The summed E-state index contributed by atoms with van der Waals surface area (Å²) in [6.07, 6.45) is 2.57. The first-order chi connectivity index (χ1) is 5.22. The first kappa shape index (κ1) is 8.99. The zero-order chi connectivity index (χ0) is 8.69. The van der Waals surface area contributed by atoms with Crippen LogP contribution in [-0.4, -0.2) is 21.3 Å². The number of carbonyl (C=O) groups is 1. The van der Waals surface area contributed by atoms with E-state index in [1.165, 1.54) is 12.4 Å². The van der Waals surface area contributed by atoms with Crippen LogP contribution in [0.4, 0.5) is 0 Å². The third-order valence-electron chi connectivity index (χ3n) is 0.745. The number of aromatic nitrogens is 2. The molecule has 0 aliphatic rings. The standard InChI is InChI=1S/C4H4N2O2.HN3/c7-4(8)3-1-5-6-2-3;1-3-2/h1-2H,(H,5,6)(H,7,8);1H. The number of nitrogens with one attached hydrogen (secondary N) is 2. The largest absolute Gasteiger partial charge is 0.478 e. The highest BCUT2D eigenvalue weighted by molar-refractivity contribution is 5.86. The van der Waals surface area contributed by atoms with Gasteiger partial charge in [-0.05, 0) is 10.4 Å². The Morgan fingerprint density at radius 3 is 2.64 bits per heavy atom. The molecule has 7 nitrogen and oxygen atoms in total. The molecule has 1 aromatic rings. The molecule has 0 aliphatic heterocycles. The van der Waals surface area contributed by atoms with Crippen LogP contribution in [0.1, 0.15) is 10.4 Å². The van der Waals surface area contributed by atoms with Gasteiger partial charge in [-0.3, -0.25) is 5.10 Å².